The average molecular weight is 440 g/mol. The number of nitrogens with zero attached hydrogens (tertiary/aromatic N) is 1. The van der Waals surface area contributed by atoms with Crippen molar-refractivity contribution in [3.05, 3.63) is 69.9 Å². The van der Waals surface area contributed by atoms with Crippen LogP contribution in [-0.2, 0) is 0 Å². The minimum absolute atomic E-state index is 0.526. The Kier molecular flexibility index (Phi) is 5.12. The molecule has 0 radical (unpaired) electrons. The highest BCUT2D eigenvalue weighted by Gasteiger charge is 2.32. The molecule has 158 valence electrons. The molecule has 3 rings (SSSR count). The lowest BCUT2D eigenvalue weighted by atomic mass is 9.92. The second-order valence-corrected chi connectivity index (χ2v) is 5.95. The van der Waals surface area contributed by atoms with Crippen molar-refractivity contribution in [2.45, 2.75) is 6.92 Å². The molecule has 0 aliphatic carbocycles. The van der Waals surface area contributed by atoms with E-state index in [1.165, 1.54) is 0 Å². The van der Waals surface area contributed by atoms with Gasteiger partial charge in [-0.25, -0.2) is 48.9 Å². The summed E-state index contributed by atoms with van der Waals surface area (Å²) in [5.41, 5.74) is -0.172. The molecule has 1 heterocycles. The van der Waals surface area contributed by atoms with Gasteiger partial charge in [-0.3, -0.25) is 0 Å². The van der Waals surface area contributed by atoms with Gasteiger partial charge in [0, 0.05) is 17.3 Å². The van der Waals surface area contributed by atoms with Crippen LogP contribution in [0.1, 0.15) is 5.56 Å². The number of hydrogen-bond acceptors (Lipinski definition) is 2. The van der Waals surface area contributed by atoms with Crippen LogP contribution in [0, 0.1) is 65.1 Å². The van der Waals surface area contributed by atoms with Crippen LogP contribution in [0.25, 0.3) is 22.3 Å². The van der Waals surface area contributed by atoms with E-state index in [1.807, 2.05) is 0 Å². The first kappa shape index (κ1) is 21.4. The molecule has 30 heavy (non-hydrogen) atoms. The van der Waals surface area contributed by atoms with Gasteiger partial charge < -0.3 is 5.73 Å². The van der Waals surface area contributed by atoms with Crippen molar-refractivity contribution < 1.29 is 43.9 Å². The number of nitrogen functional groups attached to an aromatic ring is 1. The molecule has 0 unspecified atom stereocenters. The van der Waals surface area contributed by atoms with Gasteiger partial charge in [0.05, 0.1) is 11.1 Å². The van der Waals surface area contributed by atoms with Crippen molar-refractivity contribution in [2.75, 3.05) is 5.73 Å². The van der Waals surface area contributed by atoms with Gasteiger partial charge in [-0.2, -0.15) is 0 Å². The molecule has 0 spiro atoms. The summed E-state index contributed by atoms with van der Waals surface area (Å²) in [5, 5.41) is 0. The first-order chi connectivity index (χ1) is 13.9. The Balaban J connectivity index is 2.46. The van der Waals surface area contributed by atoms with Gasteiger partial charge >= 0.3 is 0 Å². The van der Waals surface area contributed by atoms with Crippen molar-refractivity contribution in [3.63, 3.8) is 0 Å². The highest BCUT2D eigenvalue weighted by atomic mass is 19.2. The van der Waals surface area contributed by atoms with Crippen molar-refractivity contribution in [1.82, 2.24) is 4.98 Å². The maximum Gasteiger partial charge on any atom is 0.200 e. The molecule has 0 aliphatic rings. The average Bonchev–Trinajstić information content (AvgIpc) is 2.71. The third kappa shape index (κ3) is 2.85. The molecule has 0 saturated carbocycles. The lowest BCUT2D eigenvalue weighted by Crippen LogP contribution is -2.09. The van der Waals surface area contributed by atoms with E-state index in [0.717, 1.165) is 6.92 Å². The smallest absolute Gasteiger partial charge is 0.200 e. The molecule has 0 bridgehead atoms. The number of nitrogens with two attached hydrogens (primary N) is 1. The molecule has 0 amide bonds. The first-order valence-electron chi connectivity index (χ1n) is 7.70. The molecule has 2 nitrogen and oxygen atoms in total. The molecule has 12 heteroatoms. The van der Waals surface area contributed by atoms with E-state index in [1.54, 1.807) is 0 Å². The van der Waals surface area contributed by atoms with Crippen LogP contribution >= 0.6 is 0 Å². The first-order valence-corrected chi connectivity index (χ1v) is 7.70. The summed E-state index contributed by atoms with van der Waals surface area (Å²) < 4.78 is 137. The summed E-state index contributed by atoms with van der Waals surface area (Å²) >= 11 is 0. The highest BCUT2D eigenvalue weighted by Crippen LogP contribution is 2.41. The summed E-state index contributed by atoms with van der Waals surface area (Å²) in [6.45, 7) is 0.860. The summed E-state index contributed by atoms with van der Waals surface area (Å²) in [7, 11) is 0. The fourth-order valence-corrected chi connectivity index (χ4v) is 2.86. The number of halogens is 10. The number of aromatic nitrogens is 1. The van der Waals surface area contributed by atoms with Gasteiger partial charge in [-0.05, 0) is 12.5 Å². The van der Waals surface area contributed by atoms with E-state index in [4.69, 9.17) is 5.73 Å². The van der Waals surface area contributed by atoms with Gasteiger partial charge in [0.2, 0.25) is 11.6 Å². The molecule has 0 aliphatic heterocycles. The van der Waals surface area contributed by atoms with E-state index >= 15 is 0 Å². The zero-order chi connectivity index (χ0) is 22.7. The molecule has 2 N–H and O–H groups in total. The normalized spacial score (nSPS) is 11.3. The molecule has 3 aromatic rings. The standard InChI is InChI=1S/C18H6F10N2/c1-3-4(6-8(19)12(23)16(27)13(24)9(6)20)2-30-18(29)5(3)7-10(21)14(25)17(28)15(26)11(7)22/h2H,1H3,(H2,29,30). The maximum atomic E-state index is 14.2. The summed E-state index contributed by atoms with van der Waals surface area (Å²) in [4.78, 5) is 3.35. The number of hydrogen-bond donors (Lipinski definition) is 1. The molecule has 0 atom stereocenters. The van der Waals surface area contributed by atoms with Gasteiger partial charge in [0.25, 0.3) is 0 Å². The largest absolute Gasteiger partial charge is 0.383 e. The highest BCUT2D eigenvalue weighted by molar-refractivity contribution is 5.84. The van der Waals surface area contributed by atoms with Crippen LogP contribution in [0.5, 0.6) is 0 Å². The Morgan fingerprint density at radius 2 is 0.867 bits per heavy atom. The second kappa shape index (κ2) is 7.18. The second-order valence-electron chi connectivity index (χ2n) is 5.95. The van der Waals surface area contributed by atoms with Crippen molar-refractivity contribution in [1.29, 1.82) is 0 Å². The Labute approximate surface area is 160 Å². The predicted molar refractivity (Wildman–Crippen MR) is 83.8 cm³/mol. The zero-order valence-corrected chi connectivity index (χ0v) is 14.4. The van der Waals surface area contributed by atoms with E-state index in [-0.39, 0.29) is 0 Å². The van der Waals surface area contributed by atoms with Crippen LogP contribution in [0.3, 0.4) is 0 Å². The summed E-state index contributed by atoms with van der Waals surface area (Å²) in [5.74, 6) is -24.4. The van der Waals surface area contributed by atoms with Crippen LogP contribution in [0.4, 0.5) is 49.7 Å². The molecule has 2 aromatic carbocycles. The SMILES string of the molecule is Cc1c(-c2c(F)c(F)c(F)c(F)c2F)cnc(N)c1-c1c(F)c(F)c(F)c(F)c1F. The lowest BCUT2D eigenvalue weighted by molar-refractivity contribution is 0.381. The minimum Gasteiger partial charge on any atom is -0.383 e. The molecular formula is C18H6F10N2. The lowest BCUT2D eigenvalue weighted by Gasteiger charge is -2.17. The van der Waals surface area contributed by atoms with Crippen molar-refractivity contribution in [3.8, 4) is 22.3 Å². The van der Waals surface area contributed by atoms with Crippen LogP contribution in [-0.4, -0.2) is 4.98 Å². The third-order valence-electron chi connectivity index (χ3n) is 4.31. The third-order valence-corrected chi connectivity index (χ3v) is 4.31. The van der Waals surface area contributed by atoms with E-state index in [9.17, 15) is 43.9 Å². The van der Waals surface area contributed by atoms with E-state index in [2.05, 4.69) is 4.98 Å². The zero-order valence-electron chi connectivity index (χ0n) is 14.4. The number of rotatable bonds is 2. The molecule has 0 fully saturated rings. The minimum atomic E-state index is -2.48. The fourth-order valence-electron chi connectivity index (χ4n) is 2.86. The maximum absolute atomic E-state index is 14.2. The Hall–Kier alpha value is -3.31. The Morgan fingerprint density at radius 3 is 1.27 bits per heavy atom. The molecular weight excluding hydrogens is 434 g/mol. The number of benzene rings is 2. The van der Waals surface area contributed by atoms with Crippen molar-refractivity contribution in [2.24, 2.45) is 0 Å². The Morgan fingerprint density at radius 1 is 0.533 bits per heavy atom. The van der Waals surface area contributed by atoms with Gasteiger partial charge in [-0.1, -0.05) is 0 Å². The summed E-state index contributed by atoms with van der Waals surface area (Å²) in [6.07, 6.45) is 0.526. The molecule has 1 aromatic heterocycles. The topological polar surface area (TPSA) is 38.9 Å². The van der Waals surface area contributed by atoms with Gasteiger partial charge in [-0.15, -0.1) is 0 Å². The van der Waals surface area contributed by atoms with E-state index < -0.39 is 91.8 Å². The van der Waals surface area contributed by atoms with Crippen molar-refractivity contribution >= 4 is 5.82 Å². The number of pyridine rings is 1. The molecule has 0 saturated heterocycles. The van der Waals surface area contributed by atoms with Crippen LogP contribution in [0.15, 0.2) is 6.20 Å². The fraction of sp³-hybridized carbons (Fsp3) is 0.0556. The van der Waals surface area contributed by atoms with E-state index in [0.29, 0.717) is 6.20 Å². The number of anilines is 1. The van der Waals surface area contributed by atoms with Gasteiger partial charge in [0.1, 0.15) is 5.82 Å². The van der Waals surface area contributed by atoms with Crippen LogP contribution in [0.2, 0.25) is 0 Å². The summed E-state index contributed by atoms with van der Waals surface area (Å²) in [6, 6.07) is 0. The predicted octanol–water partition coefficient (Wildman–Crippen LogP) is 5.70. The quantitative estimate of drug-likeness (QED) is 0.316. The van der Waals surface area contributed by atoms with Gasteiger partial charge in [0.15, 0.2) is 46.5 Å². The Bertz CT molecular complexity index is 1160. The van der Waals surface area contributed by atoms with Crippen LogP contribution < -0.4 is 5.73 Å². The monoisotopic (exact) mass is 440 g/mol.